The lowest BCUT2D eigenvalue weighted by atomic mass is 9.93. The Morgan fingerprint density at radius 1 is 1.10 bits per heavy atom. The van der Waals surface area contributed by atoms with E-state index in [9.17, 15) is 9.59 Å². The first kappa shape index (κ1) is 13.7. The van der Waals surface area contributed by atoms with E-state index in [1.54, 1.807) is 17.9 Å². The number of amides is 1. The molecule has 1 saturated heterocycles. The molecule has 4 nitrogen and oxygen atoms in total. The van der Waals surface area contributed by atoms with Crippen molar-refractivity contribution in [1.29, 1.82) is 0 Å². The van der Waals surface area contributed by atoms with Crippen LogP contribution in [-0.2, 0) is 4.79 Å². The second-order valence-corrected chi connectivity index (χ2v) is 5.57. The van der Waals surface area contributed by atoms with Gasteiger partial charge in [-0.25, -0.2) is 4.98 Å². The van der Waals surface area contributed by atoms with Crippen LogP contribution >= 0.6 is 0 Å². The van der Waals surface area contributed by atoms with Gasteiger partial charge in [0.25, 0.3) is 5.91 Å². The molecule has 1 aliphatic rings. The molecule has 4 heteroatoms. The zero-order valence-corrected chi connectivity index (χ0v) is 12.1. The fourth-order valence-corrected chi connectivity index (χ4v) is 2.84. The zero-order chi connectivity index (χ0) is 14.8. The number of hydrogen-bond acceptors (Lipinski definition) is 3. The van der Waals surface area contributed by atoms with Gasteiger partial charge in [-0.1, -0.05) is 24.3 Å². The van der Waals surface area contributed by atoms with Crippen LogP contribution in [0.15, 0.2) is 36.4 Å². The number of nitrogens with zero attached hydrogens (tertiary/aromatic N) is 2. The van der Waals surface area contributed by atoms with Gasteiger partial charge in [0, 0.05) is 24.4 Å². The van der Waals surface area contributed by atoms with Crippen LogP contribution in [0.4, 0.5) is 0 Å². The summed E-state index contributed by atoms with van der Waals surface area (Å²) in [5.41, 5.74) is 1.32. The van der Waals surface area contributed by atoms with Crippen molar-refractivity contribution in [3.63, 3.8) is 0 Å². The molecule has 0 saturated carbocycles. The zero-order valence-electron chi connectivity index (χ0n) is 12.1. The number of hydrogen-bond donors (Lipinski definition) is 0. The van der Waals surface area contributed by atoms with Gasteiger partial charge in [-0.3, -0.25) is 9.59 Å². The van der Waals surface area contributed by atoms with Gasteiger partial charge in [0.05, 0.1) is 5.52 Å². The molecule has 3 rings (SSSR count). The number of carbonyl (C=O) groups excluding carboxylic acids is 2. The van der Waals surface area contributed by atoms with Crippen LogP contribution in [0.25, 0.3) is 10.9 Å². The molecule has 2 heterocycles. The summed E-state index contributed by atoms with van der Waals surface area (Å²) in [7, 11) is 0. The maximum absolute atomic E-state index is 12.5. The van der Waals surface area contributed by atoms with Gasteiger partial charge >= 0.3 is 0 Å². The summed E-state index contributed by atoms with van der Waals surface area (Å²) in [4.78, 5) is 30.1. The number of rotatable bonds is 2. The van der Waals surface area contributed by atoms with Crippen LogP contribution < -0.4 is 0 Å². The van der Waals surface area contributed by atoms with E-state index in [0.717, 1.165) is 23.7 Å². The molecule has 0 N–H and O–H groups in total. The Hall–Kier alpha value is -2.23. The molecule has 1 aliphatic heterocycles. The fourth-order valence-electron chi connectivity index (χ4n) is 2.84. The van der Waals surface area contributed by atoms with E-state index in [1.165, 1.54) is 0 Å². The van der Waals surface area contributed by atoms with E-state index in [0.29, 0.717) is 18.8 Å². The molecule has 2 aromatic rings. The molecule has 1 aromatic heterocycles. The highest BCUT2D eigenvalue weighted by Gasteiger charge is 2.26. The van der Waals surface area contributed by atoms with Crippen LogP contribution in [0.1, 0.15) is 30.3 Å². The number of fused-ring (bicyclic) bond motifs is 1. The molecule has 1 aromatic carbocycles. The molecule has 21 heavy (non-hydrogen) atoms. The van der Waals surface area contributed by atoms with Gasteiger partial charge in [0.2, 0.25) is 0 Å². The molecule has 0 spiro atoms. The summed E-state index contributed by atoms with van der Waals surface area (Å²) in [6.07, 6.45) is 1.52. The number of para-hydroxylation sites is 1. The van der Waals surface area contributed by atoms with Crippen LogP contribution in [0.2, 0.25) is 0 Å². The van der Waals surface area contributed by atoms with Gasteiger partial charge in [-0.2, -0.15) is 0 Å². The Morgan fingerprint density at radius 3 is 2.52 bits per heavy atom. The van der Waals surface area contributed by atoms with Crippen molar-refractivity contribution in [3.8, 4) is 0 Å². The quantitative estimate of drug-likeness (QED) is 0.851. The maximum atomic E-state index is 12.5. The lowest BCUT2D eigenvalue weighted by Crippen LogP contribution is -2.40. The van der Waals surface area contributed by atoms with E-state index in [1.807, 2.05) is 30.3 Å². The minimum Gasteiger partial charge on any atom is -0.337 e. The average Bonchev–Trinajstić information content (AvgIpc) is 2.54. The smallest absolute Gasteiger partial charge is 0.272 e. The summed E-state index contributed by atoms with van der Waals surface area (Å²) in [6.45, 7) is 2.90. The summed E-state index contributed by atoms with van der Waals surface area (Å²) in [5.74, 6) is 0.298. The first-order valence-corrected chi connectivity index (χ1v) is 7.30. The Labute approximate surface area is 123 Å². The summed E-state index contributed by atoms with van der Waals surface area (Å²) in [5, 5.41) is 1.03. The predicted octanol–water partition coefficient (Wildman–Crippen LogP) is 2.68. The summed E-state index contributed by atoms with van der Waals surface area (Å²) in [6, 6.07) is 11.5. The largest absolute Gasteiger partial charge is 0.337 e. The molecule has 0 aliphatic carbocycles. The number of Topliss-reactive ketones (excluding diaryl/α,β-unsaturated/α-hetero) is 1. The normalized spacial score (nSPS) is 16.1. The van der Waals surface area contributed by atoms with E-state index in [-0.39, 0.29) is 17.6 Å². The first-order valence-electron chi connectivity index (χ1n) is 7.30. The van der Waals surface area contributed by atoms with Crippen LogP contribution in [0.5, 0.6) is 0 Å². The Bertz CT molecular complexity index is 688. The fraction of sp³-hybridized carbons (Fsp3) is 0.353. The van der Waals surface area contributed by atoms with E-state index >= 15 is 0 Å². The molecule has 1 fully saturated rings. The molecule has 0 radical (unpaired) electrons. The number of pyridine rings is 1. The van der Waals surface area contributed by atoms with Gasteiger partial charge in [-0.15, -0.1) is 0 Å². The van der Waals surface area contributed by atoms with Gasteiger partial charge in [-0.05, 0) is 31.9 Å². The van der Waals surface area contributed by atoms with Crippen LogP contribution in [-0.4, -0.2) is 34.7 Å². The van der Waals surface area contributed by atoms with E-state index in [2.05, 4.69) is 4.98 Å². The molecular weight excluding hydrogens is 264 g/mol. The van der Waals surface area contributed by atoms with Crippen molar-refractivity contribution in [2.75, 3.05) is 13.1 Å². The Morgan fingerprint density at radius 2 is 1.81 bits per heavy atom. The third-order valence-corrected chi connectivity index (χ3v) is 4.17. The predicted molar refractivity (Wildman–Crippen MR) is 81.1 cm³/mol. The number of ketones is 1. The molecule has 0 unspecified atom stereocenters. The molecule has 1 amide bonds. The Balaban J connectivity index is 1.76. The van der Waals surface area contributed by atoms with Crippen molar-refractivity contribution in [2.24, 2.45) is 5.92 Å². The van der Waals surface area contributed by atoms with E-state index in [4.69, 9.17) is 0 Å². The molecule has 0 atom stereocenters. The SMILES string of the molecule is CC(=O)C1CCN(C(=O)c2ccc3ccccc3n2)CC1. The van der Waals surface area contributed by atoms with Gasteiger partial charge < -0.3 is 4.90 Å². The topological polar surface area (TPSA) is 50.3 Å². The number of likely N-dealkylation sites (tertiary alicyclic amines) is 1. The number of benzene rings is 1. The van der Waals surface area contributed by atoms with Gasteiger partial charge in [0.15, 0.2) is 0 Å². The molecule has 0 bridgehead atoms. The van der Waals surface area contributed by atoms with Crippen molar-refractivity contribution in [2.45, 2.75) is 19.8 Å². The van der Waals surface area contributed by atoms with Crippen molar-refractivity contribution < 1.29 is 9.59 Å². The highest BCUT2D eigenvalue weighted by Crippen LogP contribution is 2.20. The van der Waals surface area contributed by atoms with Crippen LogP contribution in [0.3, 0.4) is 0 Å². The third kappa shape index (κ3) is 2.79. The number of aromatic nitrogens is 1. The van der Waals surface area contributed by atoms with E-state index < -0.39 is 0 Å². The highest BCUT2D eigenvalue weighted by atomic mass is 16.2. The van der Waals surface area contributed by atoms with Crippen molar-refractivity contribution in [1.82, 2.24) is 9.88 Å². The number of carbonyl (C=O) groups is 2. The standard InChI is InChI=1S/C17H18N2O2/c1-12(20)13-8-10-19(11-9-13)17(21)16-7-6-14-4-2-3-5-15(14)18-16/h2-7,13H,8-11H2,1H3. The minimum atomic E-state index is -0.0391. The Kier molecular flexibility index (Phi) is 3.69. The van der Waals surface area contributed by atoms with Crippen molar-refractivity contribution >= 4 is 22.6 Å². The monoisotopic (exact) mass is 282 g/mol. The first-order chi connectivity index (χ1) is 10.1. The van der Waals surface area contributed by atoms with Gasteiger partial charge in [0.1, 0.15) is 11.5 Å². The average molecular weight is 282 g/mol. The maximum Gasteiger partial charge on any atom is 0.272 e. The second kappa shape index (κ2) is 5.64. The highest BCUT2D eigenvalue weighted by molar-refractivity contribution is 5.95. The molecule has 108 valence electrons. The lowest BCUT2D eigenvalue weighted by molar-refractivity contribution is -0.121. The lowest BCUT2D eigenvalue weighted by Gasteiger charge is -2.30. The van der Waals surface area contributed by atoms with Crippen molar-refractivity contribution in [3.05, 3.63) is 42.1 Å². The summed E-state index contributed by atoms with van der Waals surface area (Å²) < 4.78 is 0. The second-order valence-electron chi connectivity index (χ2n) is 5.57. The molecular formula is C17H18N2O2. The summed E-state index contributed by atoms with van der Waals surface area (Å²) >= 11 is 0. The van der Waals surface area contributed by atoms with Crippen LogP contribution in [0, 0.1) is 5.92 Å². The minimum absolute atomic E-state index is 0.0391. The number of piperidine rings is 1. The third-order valence-electron chi connectivity index (χ3n) is 4.17.